The summed E-state index contributed by atoms with van der Waals surface area (Å²) in [5.41, 5.74) is 1.81. The molecule has 2 rings (SSSR count). The normalized spacial score (nSPS) is 15.4. The maximum atomic E-state index is 11.8. The predicted molar refractivity (Wildman–Crippen MR) is 72.1 cm³/mol. The second kappa shape index (κ2) is 5.76. The van der Waals surface area contributed by atoms with E-state index in [1.54, 1.807) is 7.11 Å². The first-order chi connectivity index (χ1) is 8.69. The fourth-order valence-corrected chi connectivity index (χ4v) is 2.38. The number of rotatable bonds is 3. The number of benzene rings is 1. The topological polar surface area (TPSA) is 50.4 Å². The average Bonchev–Trinajstić information content (AvgIpc) is 2.82. The summed E-state index contributed by atoms with van der Waals surface area (Å²) in [7, 11) is 1.64. The van der Waals surface area contributed by atoms with E-state index in [0.29, 0.717) is 6.04 Å². The Bertz CT molecular complexity index is 426. The molecular weight excluding hydrogens is 228 g/mol. The van der Waals surface area contributed by atoms with Crippen LogP contribution in [-0.4, -0.2) is 19.2 Å². The minimum absolute atomic E-state index is 0.119. The van der Waals surface area contributed by atoms with Crippen LogP contribution in [-0.2, 0) is 0 Å². The van der Waals surface area contributed by atoms with Crippen LogP contribution >= 0.6 is 0 Å². The van der Waals surface area contributed by atoms with Crippen LogP contribution in [0, 0.1) is 6.92 Å². The molecule has 0 atom stereocenters. The maximum Gasteiger partial charge on any atom is 0.319 e. The number of anilines is 1. The van der Waals surface area contributed by atoms with E-state index in [2.05, 4.69) is 10.6 Å². The second-order valence-corrected chi connectivity index (χ2v) is 4.76. The van der Waals surface area contributed by atoms with Crippen molar-refractivity contribution < 1.29 is 9.53 Å². The molecule has 0 unspecified atom stereocenters. The summed E-state index contributed by atoms with van der Waals surface area (Å²) in [6, 6.07) is 5.84. The van der Waals surface area contributed by atoms with Gasteiger partial charge in [0.2, 0.25) is 0 Å². The Morgan fingerprint density at radius 3 is 2.67 bits per heavy atom. The Kier molecular flexibility index (Phi) is 4.07. The van der Waals surface area contributed by atoms with Crippen LogP contribution in [0.3, 0.4) is 0 Å². The highest BCUT2D eigenvalue weighted by Gasteiger charge is 2.16. The lowest BCUT2D eigenvalue weighted by atomic mass is 10.2. The molecule has 4 heteroatoms. The molecule has 2 amide bonds. The van der Waals surface area contributed by atoms with Gasteiger partial charge in [0.1, 0.15) is 5.75 Å². The standard InChI is InChI=1S/C14H20N2O2/c1-10-9-12(7-8-13(10)18-2)16-14(17)15-11-5-3-4-6-11/h7-9,11H,3-6H2,1-2H3,(H2,15,16,17). The highest BCUT2D eigenvalue weighted by molar-refractivity contribution is 5.89. The number of ether oxygens (including phenoxy) is 1. The number of amides is 2. The highest BCUT2D eigenvalue weighted by Crippen LogP contribution is 2.22. The lowest BCUT2D eigenvalue weighted by molar-refractivity contribution is 0.248. The summed E-state index contributed by atoms with van der Waals surface area (Å²) in [6.45, 7) is 1.96. The number of hydrogen-bond acceptors (Lipinski definition) is 2. The fraction of sp³-hybridized carbons (Fsp3) is 0.500. The molecule has 0 spiro atoms. The van der Waals surface area contributed by atoms with Gasteiger partial charge in [-0.15, -0.1) is 0 Å². The molecule has 0 aromatic heterocycles. The van der Waals surface area contributed by atoms with Crippen LogP contribution < -0.4 is 15.4 Å². The largest absolute Gasteiger partial charge is 0.496 e. The van der Waals surface area contributed by atoms with Crippen LogP contribution in [0.25, 0.3) is 0 Å². The van der Waals surface area contributed by atoms with Gasteiger partial charge in [-0.3, -0.25) is 0 Å². The minimum Gasteiger partial charge on any atom is -0.496 e. The van der Waals surface area contributed by atoms with Gasteiger partial charge in [0.15, 0.2) is 0 Å². The van der Waals surface area contributed by atoms with E-state index in [1.807, 2.05) is 25.1 Å². The average molecular weight is 248 g/mol. The van der Waals surface area contributed by atoms with Gasteiger partial charge in [-0.25, -0.2) is 4.79 Å². The summed E-state index contributed by atoms with van der Waals surface area (Å²) < 4.78 is 5.18. The summed E-state index contributed by atoms with van der Waals surface area (Å²) in [4.78, 5) is 11.8. The first-order valence-corrected chi connectivity index (χ1v) is 6.41. The fourth-order valence-electron chi connectivity index (χ4n) is 2.38. The van der Waals surface area contributed by atoms with E-state index in [9.17, 15) is 4.79 Å². The molecule has 4 nitrogen and oxygen atoms in total. The predicted octanol–water partition coefficient (Wildman–Crippen LogP) is 3.07. The molecule has 1 aliphatic rings. The lowest BCUT2D eigenvalue weighted by Gasteiger charge is -2.13. The second-order valence-electron chi connectivity index (χ2n) is 4.76. The molecule has 98 valence electrons. The lowest BCUT2D eigenvalue weighted by Crippen LogP contribution is -2.36. The maximum absolute atomic E-state index is 11.8. The Hall–Kier alpha value is -1.71. The molecule has 0 heterocycles. The van der Waals surface area contributed by atoms with Crippen molar-refractivity contribution in [2.75, 3.05) is 12.4 Å². The zero-order valence-corrected chi connectivity index (χ0v) is 11.0. The highest BCUT2D eigenvalue weighted by atomic mass is 16.5. The number of carbonyl (C=O) groups excluding carboxylic acids is 1. The minimum atomic E-state index is -0.119. The molecule has 1 fully saturated rings. The van der Waals surface area contributed by atoms with Crippen molar-refractivity contribution >= 4 is 11.7 Å². The molecule has 0 aliphatic heterocycles. The van der Waals surface area contributed by atoms with Gasteiger partial charge in [0.05, 0.1) is 7.11 Å². The van der Waals surface area contributed by atoms with E-state index >= 15 is 0 Å². The van der Waals surface area contributed by atoms with E-state index in [1.165, 1.54) is 12.8 Å². The molecule has 1 saturated carbocycles. The molecule has 2 N–H and O–H groups in total. The summed E-state index contributed by atoms with van der Waals surface area (Å²) in [6.07, 6.45) is 4.61. The van der Waals surface area contributed by atoms with Crippen molar-refractivity contribution in [2.45, 2.75) is 38.6 Å². The van der Waals surface area contributed by atoms with E-state index in [0.717, 1.165) is 29.8 Å². The summed E-state index contributed by atoms with van der Waals surface area (Å²) in [5.74, 6) is 0.830. The third-order valence-corrected chi connectivity index (χ3v) is 3.34. The van der Waals surface area contributed by atoms with Crippen molar-refractivity contribution in [1.29, 1.82) is 0 Å². The van der Waals surface area contributed by atoms with Gasteiger partial charge in [0, 0.05) is 11.7 Å². The number of nitrogens with one attached hydrogen (secondary N) is 2. The van der Waals surface area contributed by atoms with Crippen molar-refractivity contribution in [3.63, 3.8) is 0 Å². The Labute approximate surface area is 108 Å². The first-order valence-electron chi connectivity index (χ1n) is 6.41. The van der Waals surface area contributed by atoms with Crippen LogP contribution in [0.2, 0.25) is 0 Å². The summed E-state index contributed by atoms with van der Waals surface area (Å²) >= 11 is 0. The van der Waals surface area contributed by atoms with Crippen LogP contribution in [0.1, 0.15) is 31.2 Å². The third kappa shape index (κ3) is 3.15. The van der Waals surface area contributed by atoms with Crippen molar-refractivity contribution in [1.82, 2.24) is 5.32 Å². The number of carbonyl (C=O) groups is 1. The molecule has 1 aliphatic carbocycles. The van der Waals surface area contributed by atoms with E-state index in [4.69, 9.17) is 4.74 Å². The van der Waals surface area contributed by atoms with Crippen molar-refractivity contribution in [3.05, 3.63) is 23.8 Å². The summed E-state index contributed by atoms with van der Waals surface area (Å²) in [5, 5.41) is 5.85. The van der Waals surface area contributed by atoms with Crippen LogP contribution in [0.15, 0.2) is 18.2 Å². The van der Waals surface area contributed by atoms with Crippen molar-refractivity contribution in [2.24, 2.45) is 0 Å². The van der Waals surface area contributed by atoms with E-state index in [-0.39, 0.29) is 6.03 Å². The number of urea groups is 1. The SMILES string of the molecule is COc1ccc(NC(=O)NC2CCCC2)cc1C. The van der Waals surface area contributed by atoms with Gasteiger partial charge < -0.3 is 15.4 Å². The number of aryl methyl sites for hydroxylation is 1. The molecule has 1 aromatic rings. The molecule has 1 aromatic carbocycles. The van der Waals surface area contributed by atoms with Gasteiger partial charge in [0.25, 0.3) is 0 Å². The zero-order chi connectivity index (χ0) is 13.0. The zero-order valence-electron chi connectivity index (χ0n) is 11.0. The smallest absolute Gasteiger partial charge is 0.319 e. The van der Waals surface area contributed by atoms with Crippen molar-refractivity contribution in [3.8, 4) is 5.75 Å². The van der Waals surface area contributed by atoms with E-state index < -0.39 is 0 Å². The van der Waals surface area contributed by atoms with Gasteiger partial charge in [-0.05, 0) is 43.5 Å². The Balaban J connectivity index is 1.92. The first kappa shape index (κ1) is 12.7. The molecule has 0 radical (unpaired) electrons. The third-order valence-electron chi connectivity index (χ3n) is 3.34. The van der Waals surface area contributed by atoms with Crippen LogP contribution in [0.4, 0.5) is 10.5 Å². The van der Waals surface area contributed by atoms with Gasteiger partial charge >= 0.3 is 6.03 Å². The van der Waals surface area contributed by atoms with Crippen LogP contribution in [0.5, 0.6) is 5.75 Å². The molecule has 18 heavy (non-hydrogen) atoms. The molecule has 0 saturated heterocycles. The van der Waals surface area contributed by atoms with Gasteiger partial charge in [-0.1, -0.05) is 12.8 Å². The quantitative estimate of drug-likeness (QED) is 0.863. The Morgan fingerprint density at radius 1 is 1.33 bits per heavy atom. The molecule has 0 bridgehead atoms. The van der Waals surface area contributed by atoms with Gasteiger partial charge in [-0.2, -0.15) is 0 Å². The monoisotopic (exact) mass is 248 g/mol. The number of hydrogen-bond donors (Lipinski definition) is 2. The molecular formula is C14H20N2O2. The Morgan fingerprint density at radius 2 is 2.06 bits per heavy atom. The number of methoxy groups -OCH3 is 1.